The fourth-order valence-corrected chi connectivity index (χ4v) is 2.65. The van der Waals surface area contributed by atoms with Crippen molar-refractivity contribution in [3.05, 3.63) is 97.8 Å². The Labute approximate surface area is 207 Å². The minimum atomic E-state index is 0.448. The Morgan fingerprint density at radius 3 is 1.38 bits per heavy atom. The van der Waals surface area contributed by atoms with E-state index in [9.17, 15) is 0 Å². The third kappa shape index (κ3) is 9.38. The molecule has 0 bridgehead atoms. The predicted octanol–water partition coefficient (Wildman–Crippen LogP) is 3.58. The topological polar surface area (TPSA) is 124 Å². The van der Waals surface area contributed by atoms with E-state index in [-0.39, 0.29) is 0 Å². The third-order valence-electron chi connectivity index (χ3n) is 3.78. The van der Waals surface area contributed by atoms with E-state index in [2.05, 4.69) is 52.3 Å². The zero-order valence-corrected chi connectivity index (χ0v) is 19.5. The molecule has 0 aliphatic carbocycles. The molecule has 0 spiro atoms. The monoisotopic (exact) mass is 490 g/mol. The lowest BCUT2D eigenvalue weighted by Crippen LogP contribution is -2.33. The molecule has 34 heavy (non-hydrogen) atoms. The van der Waals surface area contributed by atoms with Crippen LogP contribution in [0.25, 0.3) is 0 Å². The van der Waals surface area contributed by atoms with Crippen LogP contribution in [-0.2, 0) is 0 Å². The van der Waals surface area contributed by atoms with E-state index in [4.69, 9.17) is 24.4 Å². The molecule has 0 atom stereocenters. The standard InChI is InChI=1S/2C11H11N5S/c2*17-11(14-9-4-3-6-12-8-9)16-15-10-5-1-2-7-13-10/h2*1-8H,(H,13,15)(H2,14,16,17). The molecule has 0 saturated carbocycles. The summed E-state index contributed by atoms with van der Waals surface area (Å²) in [6.45, 7) is 0. The number of rotatable bonds is 6. The van der Waals surface area contributed by atoms with Crippen molar-refractivity contribution >= 4 is 57.7 Å². The molecule has 4 aromatic heterocycles. The first kappa shape index (κ1) is 24.2. The fraction of sp³-hybridized carbons (Fsp3) is 0. The zero-order chi connectivity index (χ0) is 23.8. The molecule has 0 radical (unpaired) electrons. The summed E-state index contributed by atoms with van der Waals surface area (Å²) in [7, 11) is 0. The summed E-state index contributed by atoms with van der Waals surface area (Å²) < 4.78 is 0. The highest BCUT2D eigenvalue weighted by molar-refractivity contribution is 7.80. The van der Waals surface area contributed by atoms with Gasteiger partial charge >= 0.3 is 0 Å². The minimum Gasteiger partial charge on any atom is -0.330 e. The van der Waals surface area contributed by atoms with Crippen LogP contribution < -0.4 is 32.3 Å². The van der Waals surface area contributed by atoms with Crippen molar-refractivity contribution in [1.82, 2.24) is 30.8 Å². The number of aromatic nitrogens is 4. The smallest absolute Gasteiger partial charge is 0.189 e. The number of hydrogen-bond donors (Lipinski definition) is 6. The Bertz CT molecular complexity index is 1040. The second-order valence-corrected chi connectivity index (χ2v) is 7.14. The van der Waals surface area contributed by atoms with E-state index >= 15 is 0 Å². The molecule has 0 unspecified atom stereocenters. The van der Waals surface area contributed by atoms with E-state index in [1.54, 1.807) is 37.2 Å². The number of hydrazine groups is 2. The van der Waals surface area contributed by atoms with Crippen LogP contribution in [-0.4, -0.2) is 30.2 Å². The number of anilines is 4. The Kier molecular flexibility index (Phi) is 9.89. The van der Waals surface area contributed by atoms with Crippen LogP contribution in [0.15, 0.2) is 97.8 Å². The number of hydrogen-bond acceptors (Lipinski definition) is 8. The van der Waals surface area contributed by atoms with Crippen molar-refractivity contribution < 1.29 is 0 Å². The van der Waals surface area contributed by atoms with Crippen molar-refractivity contribution in [3.63, 3.8) is 0 Å². The van der Waals surface area contributed by atoms with Crippen LogP contribution in [0.5, 0.6) is 0 Å². The number of pyridine rings is 4. The van der Waals surface area contributed by atoms with Gasteiger partial charge in [-0.3, -0.25) is 31.7 Å². The van der Waals surface area contributed by atoms with Gasteiger partial charge in [-0.2, -0.15) is 0 Å². The predicted molar refractivity (Wildman–Crippen MR) is 143 cm³/mol. The van der Waals surface area contributed by atoms with Crippen molar-refractivity contribution in [3.8, 4) is 0 Å². The normalized spacial score (nSPS) is 9.41. The highest BCUT2D eigenvalue weighted by atomic mass is 32.1. The summed E-state index contributed by atoms with van der Waals surface area (Å²) in [4.78, 5) is 16.1. The van der Waals surface area contributed by atoms with Gasteiger partial charge < -0.3 is 10.6 Å². The first-order valence-electron chi connectivity index (χ1n) is 9.97. The molecule has 4 aromatic rings. The van der Waals surface area contributed by atoms with Gasteiger partial charge in [-0.05, 0) is 73.0 Å². The Morgan fingerprint density at radius 1 is 0.559 bits per heavy atom. The summed E-state index contributed by atoms with van der Waals surface area (Å²) in [5, 5.41) is 6.86. The minimum absolute atomic E-state index is 0.448. The SMILES string of the molecule is S=C(NNc1ccccn1)Nc1cccnc1.S=C(NNc1ccccn1)Nc1cccnc1. The molecular weight excluding hydrogens is 468 g/mol. The largest absolute Gasteiger partial charge is 0.330 e. The molecule has 4 heterocycles. The molecule has 0 aliphatic rings. The quantitative estimate of drug-likeness (QED) is 0.175. The van der Waals surface area contributed by atoms with Gasteiger partial charge in [0.2, 0.25) is 0 Å². The molecule has 0 fully saturated rings. The van der Waals surface area contributed by atoms with Crippen LogP contribution in [0.2, 0.25) is 0 Å². The van der Waals surface area contributed by atoms with Gasteiger partial charge in [0.1, 0.15) is 11.6 Å². The molecule has 0 amide bonds. The maximum Gasteiger partial charge on any atom is 0.189 e. The summed E-state index contributed by atoms with van der Waals surface area (Å²) in [6, 6.07) is 18.5. The van der Waals surface area contributed by atoms with Crippen LogP contribution in [0.1, 0.15) is 0 Å². The molecule has 0 aliphatic heterocycles. The number of nitrogens with zero attached hydrogens (tertiary/aromatic N) is 4. The van der Waals surface area contributed by atoms with Crippen LogP contribution in [0, 0.1) is 0 Å². The van der Waals surface area contributed by atoms with Crippen molar-refractivity contribution in [2.45, 2.75) is 0 Å². The van der Waals surface area contributed by atoms with E-state index in [0.29, 0.717) is 21.9 Å². The average Bonchev–Trinajstić information content (AvgIpc) is 2.89. The first-order chi connectivity index (χ1) is 16.7. The van der Waals surface area contributed by atoms with Crippen molar-refractivity contribution in [2.75, 3.05) is 21.5 Å². The van der Waals surface area contributed by atoms with Crippen LogP contribution in [0.3, 0.4) is 0 Å². The third-order valence-corrected chi connectivity index (χ3v) is 4.19. The van der Waals surface area contributed by atoms with Gasteiger partial charge in [0, 0.05) is 24.8 Å². The second kappa shape index (κ2) is 13.9. The summed E-state index contributed by atoms with van der Waals surface area (Å²) in [5.41, 5.74) is 13.1. The lowest BCUT2D eigenvalue weighted by Gasteiger charge is -2.11. The van der Waals surface area contributed by atoms with Gasteiger partial charge in [0.25, 0.3) is 0 Å². The highest BCUT2D eigenvalue weighted by Gasteiger charge is 1.98. The van der Waals surface area contributed by atoms with E-state index in [1.807, 2.05) is 60.7 Å². The van der Waals surface area contributed by atoms with Crippen molar-refractivity contribution in [2.24, 2.45) is 0 Å². The number of thiocarbonyl (C=S) groups is 2. The molecule has 172 valence electrons. The number of nitrogens with one attached hydrogen (secondary N) is 6. The molecule has 0 aromatic carbocycles. The lowest BCUT2D eigenvalue weighted by molar-refractivity contribution is 1.09. The maximum atomic E-state index is 5.09. The van der Waals surface area contributed by atoms with Gasteiger partial charge in [-0.15, -0.1) is 0 Å². The van der Waals surface area contributed by atoms with E-state index < -0.39 is 0 Å². The molecular formula is C22H22N10S2. The Balaban J connectivity index is 0.000000191. The van der Waals surface area contributed by atoms with Gasteiger partial charge in [0.05, 0.1) is 23.8 Å². The van der Waals surface area contributed by atoms with Gasteiger partial charge in [-0.25, -0.2) is 9.97 Å². The second-order valence-electron chi connectivity index (χ2n) is 6.32. The van der Waals surface area contributed by atoms with E-state index in [1.165, 1.54) is 0 Å². The van der Waals surface area contributed by atoms with Crippen LogP contribution in [0.4, 0.5) is 23.0 Å². The molecule has 4 rings (SSSR count). The maximum absolute atomic E-state index is 5.09. The molecule has 10 nitrogen and oxygen atoms in total. The average molecular weight is 491 g/mol. The summed E-state index contributed by atoms with van der Waals surface area (Å²) in [6.07, 6.45) is 10.2. The summed E-state index contributed by atoms with van der Waals surface area (Å²) in [5.74, 6) is 1.39. The first-order valence-corrected chi connectivity index (χ1v) is 10.8. The van der Waals surface area contributed by atoms with Gasteiger partial charge in [0.15, 0.2) is 10.2 Å². The lowest BCUT2D eigenvalue weighted by atomic mass is 10.4. The van der Waals surface area contributed by atoms with E-state index in [0.717, 1.165) is 11.4 Å². The molecule has 6 N–H and O–H groups in total. The van der Waals surface area contributed by atoms with Gasteiger partial charge in [-0.1, -0.05) is 12.1 Å². The van der Waals surface area contributed by atoms with Crippen LogP contribution >= 0.6 is 24.4 Å². The zero-order valence-electron chi connectivity index (χ0n) is 17.8. The Morgan fingerprint density at radius 2 is 1.03 bits per heavy atom. The highest BCUT2D eigenvalue weighted by Crippen LogP contribution is 2.03. The van der Waals surface area contributed by atoms with Crippen molar-refractivity contribution in [1.29, 1.82) is 0 Å². The summed E-state index contributed by atoms with van der Waals surface area (Å²) >= 11 is 10.2. The Hall–Kier alpha value is -4.42. The molecule has 12 heteroatoms. The fourth-order valence-electron chi connectivity index (χ4n) is 2.31. The molecule has 0 saturated heterocycles.